The number of rotatable bonds is 6. The largest absolute Gasteiger partial charge is 0.459 e. The quantitative estimate of drug-likeness (QED) is 0.791. The van der Waals surface area contributed by atoms with Gasteiger partial charge >= 0.3 is 0 Å². The third-order valence-electron chi connectivity index (χ3n) is 3.24. The van der Waals surface area contributed by atoms with Crippen LogP contribution >= 0.6 is 0 Å². The molecule has 0 saturated heterocycles. The second kappa shape index (κ2) is 6.76. The van der Waals surface area contributed by atoms with Gasteiger partial charge in [-0.3, -0.25) is 4.79 Å². The van der Waals surface area contributed by atoms with E-state index < -0.39 is 10.0 Å². The molecular weight excluding hydrogens is 304 g/mol. The van der Waals surface area contributed by atoms with Crippen molar-refractivity contribution in [1.29, 1.82) is 0 Å². The van der Waals surface area contributed by atoms with Crippen LogP contribution in [-0.4, -0.2) is 27.4 Å². The minimum atomic E-state index is -3.58. The fraction of sp³-hybridized carbons (Fsp3) is 0.267. The van der Waals surface area contributed by atoms with E-state index >= 15 is 0 Å². The molecule has 0 unspecified atom stereocenters. The van der Waals surface area contributed by atoms with Gasteiger partial charge in [0.1, 0.15) is 0 Å². The van der Waals surface area contributed by atoms with E-state index in [0.717, 1.165) is 11.1 Å². The maximum absolute atomic E-state index is 12.1. The lowest BCUT2D eigenvalue weighted by Crippen LogP contribution is -2.34. The number of sulfonamides is 1. The molecule has 0 fully saturated rings. The van der Waals surface area contributed by atoms with Gasteiger partial charge in [0.05, 0.1) is 11.2 Å². The predicted octanol–water partition coefficient (Wildman–Crippen LogP) is 1.60. The van der Waals surface area contributed by atoms with E-state index in [1.165, 1.54) is 12.3 Å². The first-order valence-electron chi connectivity index (χ1n) is 6.79. The molecule has 1 heterocycles. The molecule has 0 aliphatic carbocycles. The number of nitrogens with one attached hydrogen (secondary N) is 2. The number of benzene rings is 1. The molecule has 1 aromatic carbocycles. The third-order valence-corrected chi connectivity index (χ3v) is 4.69. The van der Waals surface area contributed by atoms with Crippen molar-refractivity contribution in [3.05, 3.63) is 53.5 Å². The number of carbonyl (C=O) groups excluding carboxylic acids is 1. The SMILES string of the molecule is Cc1ccc(S(=O)(=O)NCCNC(=O)c2ccco2)cc1C. The van der Waals surface area contributed by atoms with Gasteiger partial charge in [-0.25, -0.2) is 13.1 Å². The lowest BCUT2D eigenvalue weighted by atomic mass is 10.1. The van der Waals surface area contributed by atoms with Crippen molar-refractivity contribution in [3.63, 3.8) is 0 Å². The van der Waals surface area contributed by atoms with Crippen LogP contribution in [0.5, 0.6) is 0 Å². The molecule has 2 aromatic rings. The van der Waals surface area contributed by atoms with Crippen LogP contribution in [0.3, 0.4) is 0 Å². The van der Waals surface area contributed by atoms with Crippen molar-refractivity contribution in [2.75, 3.05) is 13.1 Å². The molecule has 1 aromatic heterocycles. The van der Waals surface area contributed by atoms with Crippen molar-refractivity contribution in [1.82, 2.24) is 10.0 Å². The monoisotopic (exact) mass is 322 g/mol. The smallest absolute Gasteiger partial charge is 0.287 e. The highest BCUT2D eigenvalue weighted by Crippen LogP contribution is 2.14. The van der Waals surface area contributed by atoms with E-state index in [1.54, 1.807) is 24.3 Å². The van der Waals surface area contributed by atoms with Gasteiger partial charge < -0.3 is 9.73 Å². The molecule has 0 bridgehead atoms. The molecule has 0 saturated carbocycles. The van der Waals surface area contributed by atoms with Crippen LogP contribution in [0.4, 0.5) is 0 Å². The molecule has 2 rings (SSSR count). The Bertz CT molecular complexity index is 752. The molecule has 6 nitrogen and oxygen atoms in total. The molecular formula is C15H18N2O4S. The van der Waals surface area contributed by atoms with Crippen molar-refractivity contribution >= 4 is 15.9 Å². The zero-order valence-corrected chi connectivity index (χ0v) is 13.2. The summed E-state index contributed by atoms with van der Waals surface area (Å²) in [4.78, 5) is 11.8. The summed E-state index contributed by atoms with van der Waals surface area (Å²) in [6, 6.07) is 8.10. The Balaban J connectivity index is 1.87. The number of carbonyl (C=O) groups is 1. The summed E-state index contributed by atoms with van der Waals surface area (Å²) in [6.07, 6.45) is 1.40. The van der Waals surface area contributed by atoms with Crippen molar-refractivity contribution in [2.24, 2.45) is 0 Å². The molecule has 0 radical (unpaired) electrons. The second-order valence-corrected chi connectivity index (χ2v) is 6.64. The topological polar surface area (TPSA) is 88.4 Å². The molecule has 1 amide bonds. The lowest BCUT2D eigenvalue weighted by Gasteiger charge is -2.09. The Labute approximate surface area is 129 Å². The maximum Gasteiger partial charge on any atom is 0.287 e. The van der Waals surface area contributed by atoms with Gasteiger partial charge in [0, 0.05) is 13.1 Å². The summed E-state index contributed by atoms with van der Waals surface area (Å²) in [7, 11) is -3.58. The number of amides is 1. The van der Waals surface area contributed by atoms with E-state index in [0.29, 0.717) is 0 Å². The molecule has 0 aliphatic rings. The number of aryl methyl sites for hydroxylation is 2. The van der Waals surface area contributed by atoms with E-state index in [4.69, 9.17) is 4.42 Å². The van der Waals surface area contributed by atoms with Gasteiger partial charge in [-0.1, -0.05) is 6.07 Å². The van der Waals surface area contributed by atoms with Crippen molar-refractivity contribution in [3.8, 4) is 0 Å². The van der Waals surface area contributed by atoms with Crippen LogP contribution in [0.25, 0.3) is 0 Å². The van der Waals surface area contributed by atoms with Gasteiger partial charge in [0.15, 0.2) is 5.76 Å². The first kappa shape index (κ1) is 16.3. The fourth-order valence-corrected chi connectivity index (χ4v) is 2.94. The first-order valence-corrected chi connectivity index (χ1v) is 8.27. The predicted molar refractivity (Wildman–Crippen MR) is 82.1 cm³/mol. The molecule has 0 spiro atoms. The Hall–Kier alpha value is -2.12. The zero-order chi connectivity index (χ0) is 16.2. The van der Waals surface area contributed by atoms with E-state index in [9.17, 15) is 13.2 Å². The summed E-state index contributed by atoms with van der Waals surface area (Å²) in [5.41, 5.74) is 1.94. The maximum atomic E-state index is 12.1. The summed E-state index contributed by atoms with van der Waals surface area (Å²) in [5.74, 6) is -0.188. The van der Waals surface area contributed by atoms with Crippen LogP contribution in [0.2, 0.25) is 0 Å². The average molecular weight is 322 g/mol. The van der Waals surface area contributed by atoms with Crippen molar-refractivity contribution in [2.45, 2.75) is 18.7 Å². The van der Waals surface area contributed by atoms with E-state index in [2.05, 4.69) is 10.0 Å². The molecule has 0 atom stereocenters. The summed E-state index contributed by atoms with van der Waals surface area (Å²) in [6.45, 7) is 4.05. The standard InChI is InChI=1S/C15H18N2O4S/c1-11-5-6-13(10-12(11)2)22(19,20)17-8-7-16-15(18)14-4-3-9-21-14/h3-6,9-10,17H,7-8H2,1-2H3,(H,16,18). The zero-order valence-electron chi connectivity index (χ0n) is 12.4. The van der Waals surface area contributed by atoms with Gasteiger partial charge in [0.2, 0.25) is 10.0 Å². The Morgan fingerprint density at radius 2 is 1.91 bits per heavy atom. The molecule has 2 N–H and O–H groups in total. The van der Waals surface area contributed by atoms with Gasteiger partial charge in [0.25, 0.3) is 5.91 Å². The Morgan fingerprint density at radius 1 is 1.14 bits per heavy atom. The summed E-state index contributed by atoms with van der Waals surface area (Å²) < 4.78 is 31.6. The van der Waals surface area contributed by atoms with Gasteiger partial charge in [-0.2, -0.15) is 0 Å². The second-order valence-electron chi connectivity index (χ2n) is 4.88. The van der Waals surface area contributed by atoms with E-state index in [1.807, 2.05) is 13.8 Å². The summed E-state index contributed by atoms with van der Waals surface area (Å²) >= 11 is 0. The number of hydrogen-bond donors (Lipinski definition) is 2. The molecule has 0 aliphatic heterocycles. The highest BCUT2D eigenvalue weighted by Gasteiger charge is 2.14. The van der Waals surface area contributed by atoms with Crippen LogP contribution in [0.1, 0.15) is 21.7 Å². The average Bonchev–Trinajstić information content (AvgIpc) is 3.00. The van der Waals surface area contributed by atoms with Crippen LogP contribution in [0.15, 0.2) is 45.9 Å². The van der Waals surface area contributed by atoms with Crippen LogP contribution < -0.4 is 10.0 Å². The highest BCUT2D eigenvalue weighted by molar-refractivity contribution is 7.89. The van der Waals surface area contributed by atoms with E-state index in [-0.39, 0.29) is 29.7 Å². The normalized spacial score (nSPS) is 11.4. The minimum Gasteiger partial charge on any atom is -0.459 e. The van der Waals surface area contributed by atoms with Crippen molar-refractivity contribution < 1.29 is 17.6 Å². The molecule has 22 heavy (non-hydrogen) atoms. The minimum absolute atomic E-state index is 0.0989. The fourth-order valence-electron chi connectivity index (χ4n) is 1.82. The Kier molecular flexibility index (Phi) is 4.99. The number of furan rings is 1. The molecule has 118 valence electrons. The summed E-state index contributed by atoms with van der Waals surface area (Å²) in [5, 5.41) is 2.57. The third kappa shape index (κ3) is 3.96. The first-order chi connectivity index (χ1) is 10.4. The van der Waals surface area contributed by atoms with Crippen LogP contribution in [-0.2, 0) is 10.0 Å². The van der Waals surface area contributed by atoms with Gasteiger partial charge in [-0.05, 0) is 49.2 Å². The highest BCUT2D eigenvalue weighted by atomic mass is 32.2. The van der Waals surface area contributed by atoms with Gasteiger partial charge in [-0.15, -0.1) is 0 Å². The molecule has 7 heteroatoms. The lowest BCUT2D eigenvalue weighted by molar-refractivity contribution is 0.0926. The van der Waals surface area contributed by atoms with Crippen LogP contribution in [0, 0.1) is 13.8 Å². The Morgan fingerprint density at radius 3 is 2.55 bits per heavy atom. The number of hydrogen-bond acceptors (Lipinski definition) is 4.